The molecule has 194 valence electrons. The van der Waals surface area contributed by atoms with Crippen LogP contribution in [0.5, 0.6) is 0 Å². The fraction of sp³-hybridized carbons (Fsp3) is 0. The maximum Gasteiger partial charge on any atom is 0.0476 e. The van der Waals surface area contributed by atoms with Crippen LogP contribution in [0, 0.1) is 0 Å². The smallest absolute Gasteiger partial charge is 0.0476 e. The highest BCUT2D eigenvalue weighted by molar-refractivity contribution is 7.25. The van der Waals surface area contributed by atoms with Crippen molar-refractivity contribution in [1.29, 1.82) is 0 Å². The van der Waals surface area contributed by atoms with Crippen molar-refractivity contribution in [3.05, 3.63) is 152 Å². The molecule has 2 nitrogen and oxygen atoms in total. The van der Waals surface area contributed by atoms with E-state index in [-0.39, 0.29) is 0 Å². The molecule has 0 aliphatic heterocycles. The molecule has 1 aromatic heterocycles. The molecule has 0 atom stereocenters. The Morgan fingerprint density at radius 2 is 1.00 bits per heavy atom. The quantitative estimate of drug-likeness (QED) is 0.233. The van der Waals surface area contributed by atoms with Crippen molar-refractivity contribution in [1.82, 2.24) is 0 Å². The monoisotopic (exact) mass is 542 g/mol. The van der Waals surface area contributed by atoms with Gasteiger partial charge in [-0.05, 0) is 88.3 Å². The van der Waals surface area contributed by atoms with Gasteiger partial charge in [-0.2, -0.15) is 0 Å². The molecule has 8 rings (SSSR count). The highest BCUT2D eigenvalue weighted by atomic mass is 32.1. The van der Waals surface area contributed by atoms with Gasteiger partial charge < -0.3 is 10.2 Å². The van der Waals surface area contributed by atoms with E-state index in [0.29, 0.717) is 0 Å². The first-order chi connectivity index (χ1) is 20.3. The van der Waals surface area contributed by atoms with E-state index in [0.717, 1.165) is 28.4 Å². The fourth-order valence-corrected chi connectivity index (χ4v) is 6.88. The van der Waals surface area contributed by atoms with E-state index in [1.807, 2.05) is 11.3 Å². The van der Waals surface area contributed by atoms with Gasteiger partial charge in [-0.25, -0.2) is 0 Å². The molecule has 0 radical (unpaired) electrons. The second-order valence-corrected chi connectivity index (χ2v) is 11.5. The maximum absolute atomic E-state index is 3.63. The van der Waals surface area contributed by atoms with Gasteiger partial charge >= 0.3 is 0 Å². The van der Waals surface area contributed by atoms with Crippen molar-refractivity contribution in [2.24, 2.45) is 0 Å². The molecule has 8 aromatic rings. The zero-order valence-electron chi connectivity index (χ0n) is 22.3. The normalized spacial score (nSPS) is 11.4. The molecular formula is C38H26N2S. The van der Waals surface area contributed by atoms with Crippen molar-refractivity contribution in [2.75, 3.05) is 10.2 Å². The summed E-state index contributed by atoms with van der Waals surface area (Å²) in [5.74, 6) is 0. The number of anilines is 5. The molecule has 3 heteroatoms. The Kier molecular flexibility index (Phi) is 5.68. The van der Waals surface area contributed by atoms with Crippen molar-refractivity contribution < 1.29 is 0 Å². The molecule has 0 aliphatic carbocycles. The highest BCUT2D eigenvalue weighted by Gasteiger charge is 2.15. The van der Waals surface area contributed by atoms with Gasteiger partial charge in [0.2, 0.25) is 0 Å². The van der Waals surface area contributed by atoms with E-state index in [2.05, 4.69) is 162 Å². The topological polar surface area (TPSA) is 15.3 Å². The molecule has 1 heterocycles. The third kappa shape index (κ3) is 4.37. The summed E-state index contributed by atoms with van der Waals surface area (Å²) in [6, 6.07) is 54.4. The molecule has 7 aromatic carbocycles. The van der Waals surface area contributed by atoms with E-state index in [1.54, 1.807) is 0 Å². The number of nitrogens with one attached hydrogen (secondary N) is 1. The van der Waals surface area contributed by atoms with Crippen LogP contribution in [0.25, 0.3) is 41.7 Å². The zero-order chi connectivity index (χ0) is 27.2. The van der Waals surface area contributed by atoms with Gasteiger partial charge in [0.05, 0.1) is 0 Å². The molecule has 41 heavy (non-hydrogen) atoms. The molecule has 0 unspecified atom stereocenters. The Labute approximate surface area is 242 Å². The summed E-state index contributed by atoms with van der Waals surface area (Å²) in [5, 5.41) is 11.2. The minimum absolute atomic E-state index is 1.10. The molecule has 1 N–H and O–H groups in total. The lowest BCUT2D eigenvalue weighted by atomic mass is 10.1. The molecule has 0 saturated heterocycles. The average Bonchev–Trinajstić information content (AvgIpc) is 3.39. The van der Waals surface area contributed by atoms with E-state index >= 15 is 0 Å². The number of hydrogen-bond acceptors (Lipinski definition) is 3. The first-order valence-corrected chi connectivity index (χ1v) is 14.7. The first kappa shape index (κ1) is 23.7. The number of nitrogens with zero attached hydrogens (tertiary/aromatic N) is 1. The number of benzene rings is 7. The van der Waals surface area contributed by atoms with Crippen molar-refractivity contribution >= 4 is 81.5 Å². The van der Waals surface area contributed by atoms with E-state index in [4.69, 9.17) is 0 Å². The van der Waals surface area contributed by atoms with E-state index < -0.39 is 0 Å². The van der Waals surface area contributed by atoms with Crippen LogP contribution in [-0.2, 0) is 0 Å². The molecular weight excluding hydrogens is 516 g/mol. The number of fused-ring (bicyclic) bond motifs is 5. The Morgan fingerprint density at radius 1 is 0.390 bits per heavy atom. The van der Waals surface area contributed by atoms with Gasteiger partial charge in [0.25, 0.3) is 0 Å². The van der Waals surface area contributed by atoms with Gasteiger partial charge in [-0.1, -0.05) is 84.9 Å². The van der Waals surface area contributed by atoms with Crippen LogP contribution in [0.1, 0.15) is 0 Å². The van der Waals surface area contributed by atoms with E-state index in [9.17, 15) is 0 Å². The molecule has 0 saturated carbocycles. The molecule has 0 amide bonds. The highest BCUT2D eigenvalue weighted by Crippen LogP contribution is 2.42. The van der Waals surface area contributed by atoms with Crippen LogP contribution in [0.15, 0.2) is 152 Å². The fourth-order valence-electron chi connectivity index (χ4n) is 5.76. The van der Waals surface area contributed by atoms with Gasteiger partial charge in [0.15, 0.2) is 0 Å². The summed E-state index contributed by atoms with van der Waals surface area (Å²) in [7, 11) is 0. The summed E-state index contributed by atoms with van der Waals surface area (Å²) in [6.45, 7) is 0. The summed E-state index contributed by atoms with van der Waals surface area (Å²) >= 11 is 1.85. The standard InChI is InChI=1S/C38H26N2S/c1-2-12-32(13-3-1)40(33-18-15-27-9-5-7-11-29(27)23-33)34-19-20-35-36-24-31(17-21-37(36)41-38(35)25-34)39-30-16-14-26-8-4-6-10-28(26)22-30/h1-25,39H. The lowest BCUT2D eigenvalue weighted by Crippen LogP contribution is -2.09. The van der Waals surface area contributed by atoms with Gasteiger partial charge in [0.1, 0.15) is 0 Å². The third-order valence-corrected chi connectivity index (χ3v) is 8.89. The van der Waals surface area contributed by atoms with Gasteiger partial charge in [-0.15, -0.1) is 11.3 Å². The Balaban J connectivity index is 1.20. The van der Waals surface area contributed by atoms with Crippen LogP contribution in [0.3, 0.4) is 0 Å². The summed E-state index contributed by atoms with van der Waals surface area (Å²) < 4.78 is 2.57. The van der Waals surface area contributed by atoms with Crippen molar-refractivity contribution in [3.8, 4) is 0 Å². The van der Waals surface area contributed by atoms with Crippen LogP contribution < -0.4 is 10.2 Å². The van der Waals surface area contributed by atoms with Crippen LogP contribution in [0.4, 0.5) is 28.4 Å². The van der Waals surface area contributed by atoms with Gasteiger partial charge in [-0.3, -0.25) is 0 Å². The summed E-state index contributed by atoms with van der Waals surface area (Å²) in [4.78, 5) is 2.35. The number of para-hydroxylation sites is 1. The molecule has 0 spiro atoms. The Bertz CT molecular complexity index is 2200. The third-order valence-electron chi connectivity index (χ3n) is 7.76. The Morgan fingerprint density at radius 3 is 1.80 bits per heavy atom. The number of rotatable bonds is 5. The molecule has 0 aliphatic rings. The largest absolute Gasteiger partial charge is 0.355 e. The lowest BCUT2D eigenvalue weighted by Gasteiger charge is -2.26. The van der Waals surface area contributed by atoms with Crippen LogP contribution in [-0.4, -0.2) is 0 Å². The Hall–Kier alpha value is -5.12. The average molecular weight is 543 g/mol. The number of thiophene rings is 1. The minimum Gasteiger partial charge on any atom is -0.355 e. The first-order valence-electron chi connectivity index (χ1n) is 13.8. The SMILES string of the molecule is c1ccc(N(c2ccc3ccccc3c2)c2ccc3c(c2)sc2ccc(Nc4ccc5ccccc5c4)cc23)cc1. The molecule has 0 bridgehead atoms. The zero-order valence-corrected chi connectivity index (χ0v) is 23.1. The summed E-state index contributed by atoms with van der Waals surface area (Å²) in [6.07, 6.45) is 0. The second kappa shape index (κ2) is 9.81. The van der Waals surface area contributed by atoms with Gasteiger partial charge in [0, 0.05) is 48.6 Å². The van der Waals surface area contributed by atoms with Crippen LogP contribution in [0.2, 0.25) is 0 Å². The van der Waals surface area contributed by atoms with E-state index in [1.165, 1.54) is 41.7 Å². The minimum atomic E-state index is 1.10. The lowest BCUT2D eigenvalue weighted by molar-refractivity contribution is 1.30. The predicted octanol–water partition coefficient (Wildman–Crippen LogP) is 11.6. The van der Waals surface area contributed by atoms with Crippen LogP contribution >= 0.6 is 11.3 Å². The predicted molar refractivity (Wildman–Crippen MR) is 179 cm³/mol. The van der Waals surface area contributed by atoms with Crippen molar-refractivity contribution in [3.63, 3.8) is 0 Å². The molecule has 0 fully saturated rings. The number of hydrogen-bond donors (Lipinski definition) is 1. The maximum atomic E-state index is 3.63. The second-order valence-electron chi connectivity index (χ2n) is 10.4. The van der Waals surface area contributed by atoms with Crippen molar-refractivity contribution in [2.45, 2.75) is 0 Å². The summed E-state index contributed by atoms with van der Waals surface area (Å²) in [5.41, 5.74) is 5.64.